The SMILES string of the molecule is CC(C)CCCC(C)C1CC[C@H]2C3CC=C4CC(OC(=O)CCC(=O)OC(C)(C)CCOC(C)(C)C)CCC4(C)C3CCC12C. The van der Waals surface area contributed by atoms with Crippen molar-refractivity contribution in [1.82, 2.24) is 0 Å². The summed E-state index contributed by atoms with van der Waals surface area (Å²) >= 11 is 0. The van der Waals surface area contributed by atoms with Crippen molar-refractivity contribution < 1.29 is 23.8 Å². The van der Waals surface area contributed by atoms with Gasteiger partial charge in [0, 0.05) is 12.8 Å². The minimum absolute atomic E-state index is 0.0524. The Kier molecular flexibility index (Phi) is 11.7. The first kappa shape index (κ1) is 36.5. The molecule has 0 amide bonds. The van der Waals surface area contributed by atoms with Crippen molar-refractivity contribution in [2.75, 3.05) is 6.61 Å². The Balaban J connectivity index is 1.26. The maximum absolute atomic E-state index is 12.8. The molecule has 5 heteroatoms. The predicted molar refractivity (Wildman–Crippen MR) is 183 cm³/mol. The van der Waals surface area contributed by atoms with E-state index in [-0.39, 0.29) is 41.9 Å². The number of esters is 2. The number of rotatable bonds is 13. The van der Waals surface area contributed by atoms with Gasteiger partial charge in [-0.1, -0.05) is 65.5 Å². The summed E-state index contributed by atoms with van der Waals surface area (Å²) in [7, 11) is 0. The van der Waals surface area contributed by atoms with E-state index >= 15 is 0 Å². The molecule has 3 fully saturated rings. The first-order valence-corrected chi connectivity index (χ1v) is 18.7. The number of allylic oxidation sites excluding steroid dienone is 1. The zero-order valence-electron chi connectivity index (χ0n) is 30.8. The van der Waals surface area contributed by atoms with Gasteiger partial charge in [-0.25, -0.2) is 0 Å². The van der Waals surface area contributed by atoms with Crippen LogP contribution in [0.25, 0.3) is 0 Å². The molecule has 0 bridgehead atoms. The van der Waals surface area contributed by atoms with Crippen LogP contribution in [0.2, 0.25) is 0 Å². The van der Waals surface area contributed by atoms with Crippen molar-refractivity contribution in [2.24, 2.45) is 46.3 Å². The summed E-state index contributed by atoms with van der Waals surface area (Å²) in [6.45, 7) is 22.8. The Bertz CT molecular complexity index is 1050. The molecular formula is C40H68O5. The number of hydrogen-bond acceptors (Lipinski definition) is 5. The van der Waals surface area contributed by atoms with Gasteiger partial charge < -0.3 is 14.2 Å². The minimum Gasteiger partial charge on any atom is -0.462 e. The highest BCUT2D eigenvalue weighted by Crippen LogP contribution is 2.67. The fourth-order valence-electron chi connectivity index (χ4n) is 10.2. The van der Waals surface area contributed by atoms with Crippen LogP contribution in [0.5, 0.6) is 0 Å². The molecule has 8 atom stereocenters. The molecule has 5 nitrogen and oxygen atoms in total. The third kappa shape index (κ3) is 8.96. The Labute approximate surface area is 276 Å². The van der Waals surface area contributed by atoms with Gasteiger partial charge in [0.1, 0.15) is 11.7 Å². The lowest BCUT2D eigenvalue weighted by atomic mass is 9.47. The van der Waals surface area contributed by atoms with Crippen molar-refractivity contribution >= 4 is 11.9 Å². The van der Waals surface area contributed by atoms with Gasteiger partial charge in [0.25, 0.3) is 0 Å². The third-order valence-corrected chi connectivity index (χ3v) is 12.7. The quantitative estimate of drug-likeness (QED) is 0.150. The molecule has 3 saturated carbocycles. The lowest BCUT2D eigenvalue weighted by molar-refractivity contribution is -0.163. The molecule has 0 aromatic rings. The van der Waals surface area contributed by atoms with Gasteiger partial charge in [0.2, 0.25) is 0 Å². The van der Waals surface area contributed by atoms with Crippen molar-refractivity contribution in [2.45, 2.75) is 176 Å². The predicted octanol–water partition coefficient (Wildman–Crippen LogP) is 10.2. The van der Waals surface area contributed by atoms with E-state index < -0.39 is 5.60 Å². The lowest BCUT2D eigenvalue weighted by Crippen LogP contribution is -2.51. The fraction of sp³-hybridized carbons (Fsp3) is 0.900. The molecule has 0 N–H and O–H groups in total. The average Bonchev–Trinajstić information content (AvgIpc) is 3.28. The highest BCUT2D eigenvalue weighted by atomic mass is 16.6. The zero-order chi connectivity index (χ0) is 33.2. The van der Waals surface area contributed by atoms with E-state index in [1.165, 1.54) is 56.9 Å². The molecule has 0 aromatic carbocycles. The van der Waals surface area contributed by atoms with Gasteiger partial charge in [-0.2, -0.15) is 0 Å². The number of ether oxygens (including phenoxy) is 3. The van der Waals surface area contributed by atoms with Gasteiger partial charge >= 0.3 is 11.9 Å². The van der Waals surface area contributed by atoms with Gasteiger partial charge in [0.15, 0.2) is 0 Å². The highest BCUT2D eigenvalue weighted by molar-refractivity contribution is 5.78. The summed E-state index contributed by atoms with van der Waals surface area (Å²) in [6, 6.07) is 0. The molecule has 45 heavy (non-hydrogen) atoms. The van der Waals surface area contributed by atoms with Crippen LogP contribution >= 0.6 is 0 Å². The molecule has 0 saturated heterocycles. The minimum atomic E-state index is -0.632. The number of carbonyl (C=O) groups excluding carboxylic acids is 2. The van der Waals surface area contributed by atoms with Crippen molar-refractivity contribution in [3.63, 3.8) is 0 Å². The molecule has 0 heterocycles. The first-order valence-electron chi connectivity index (χ1n) is 18.7. The summed E-state index contributed by atoms with van der Waals surface area (Å²) in [6.07, 6.45) is 17.0. The average molecular weight is 629 g/mol. The summed E-state index contributed by atoms with van der Waals surface area (Å²) in [4.78, 5) is 25.3. The van der Waals surface area contributed by atoms with Crippen molar-refractivity contribution in [1.29, 1.82) is 0 Å². The van der Waals surface area contributed by atoms with E-state index in [2.05, 4.69) is 40.7 Å². The molecule has 258 valence electrons. The number of carbonyl (C=O) groups is 2. The molecule has 0 radical (unpaired) electrons. The number of fused-ring (bicyclic) bond motifs is 5. The third-order valence-electron chi connectivity index (χ3n) is 12.7. The van der Waals surface area contributed by atoms with E-state index in [1.807, 2.05) is 34.6 Å². The van der Waals surface area contributed by atoms with E-state index in [9.17, 15) is 9.59 Å². The number of hydrogen-bond donors (Lipinski definition) is 0. The molecule has 0 aliphatic heterocycles. The second-order valence-electron chi connectivity index (χ2n) is 18.1. The Hall–Kier alpha value is -1.36. The largest absolute Gasteiger partial charge is 0.462 e. The molecular weight excluding hydrogens is 560 g/mol. The smallest absolute Gasteiger partial charge is 0.306 e. The molecule has 0 aromatic heterocycles. The van der Waals surface area contributed by atoms with Crippen LogP contribution in [-0.2, 0) is 23.8 Å². The molecule has 4 aliphatic carbocycles. The highest BCUT2D eigenvalue weighted by Gasteiger charge is 2.59. The molecule has 4 rings (SSSR count). The fourth-order valence-corrected chi connectivity index (χ4v) is 10.2. The first-order chi connectivity index (χ1) is 20.9. The van der Waals surface area contributed by atoms with E-state index in [1.54, 1.807) is 0 Å². The maximum Gasteiger partial charge on any atom is 0.306 e. The zero-order valence-corrected chi connectivity index (χ0v) is 30.8. The van der Waals surface area contributed by atoms with Crippen LogP contribution in [0, 0.1) is 46.3 Å². The van der Waals surface area contributed by atoms with E-state index in [0.717, 1.165) is 54.8 Å². The monoisotopic (exact) mass is 629 g/mol. The normalized spacial score (nSPS) is 33.9. The van der Waals surface area contributed by atoms with Gasteiger partial charge in [-0.15, -0.1) is 0 Å². The van der Waals surface area contributed by atoms with Crippen LogP contribution < -0.4 is 0 Å². The van der Waals surface area contributed by atoms with Crippen molar-refractivity contribution in [3.05, 3.63) is 11.6 Å². The summed E-state index contributed by atoms with van der Waals surface area (Å²) in [5.41, 5.74) is 1.42. The van der Waals surface area contributed by atoms with Crippen LogP contribution in [-0.4, -0.2) is 35.9 Å². The van der Waals surface area contributed by atoms with Crippen LogP contribution in [0.1, 0.15) is 159 Å². The maximum atomic E-state index is 12.8. The van der Waals surface area contributed by atoms with Crippen LogP contribution in [0.15, 0.2) is 11.6 Å². The van der Waals surface area contributed by atoms with E-state index in [0.29, 0.717) is 18.4 Å². The van der Waals surface area contributed by atoms with Crippen molar-refractivity contribution in [3.8, 4) is 0 Å². The van der Waals surface area contributed by atoms with E-state index in [4.69, 9.17) is 14.2 Å². The molecule has 0 spiro atoms. The standard InChI is InChI=1S/C40H68O5/c1-27(2)12-11-13-28(3)32-16-17-33-31-15-14-29-26-30(20-22-39(29,9)34(31)21-23-40(32,33)10)44-35(41)18-19-36(42)45-38(7,8)24-25-43-37(4,5)6/h14,27-28,30-34H,11-13,15-26H2,1-10H3/t28?,30?,31?,32?,33-,34?,39?,40?/m0/s1. The van der Waals surface area contributed by atoms with Crippen LogP contribution in [0.4, 0.5) is 0 Å². The lowest BCUT2D eigenvalue weighted by Gasteiger charge is -2.58. The summed E-state index contributed by atoms with van der Waals surface area (Å²) < 4.78 is 17.4. The Morgan fingerprint density at radius 3 is 2.31 bits per heavy atom. The Morgan fingerprint density at radius 1 is 0.911 bits per heavy atom. The summed E-state index contributed by atoms with van der Waals surface area (Å²) in [5, 5.41) is 0. The van der Waals surface area contributed by atoms with Gasteiger partial charge in [-0.05, 0) is 126 Å². The molecule has 7 unspecified atom stereocenters. The Morgan fingerprint density at radius 2 is 1.62 bits per heavy atom. The molecule has 4 aliphatic rings. The topological polar surface area (TPSA) is 61.8 Å². The second-order valence-corrected chi connectivity index (χ2v) is 18.1. The summed E-state index contributed by atoms with van der Waals surface area (Å²) in [5.74, 6) is 4.32. The van der Waals surface area contributed by atoms with Crippen LogP contribution in [0.3, 0.4) is 0 Å². The second kappa shape index (κ2) is 14.4. The van der Waals surface area contributed by atoms with Gasteiger partial charge in [-0.3, -0.25) is 9.59 Å². The van der Waals surface area contributed by atoms with Gasteiger partial charge in [0.05, 0.1) is 25.0 Å².